The summed E-state index contributed by atoms with van der Waals surface area (Å²) in [6.07, 6.45) is 4.87. The molecule has 1 aromatic heterocycles. The van der Waals surface area contributed by atoms with E-state index < -0.39 is 0 Å². The number of aromatic nitrogens is 3. The van der Waals surface area contributed by atoms with Gasteiger partial charge in [-0.3, -0.25) is 9.59 Å². The number of hydrogen-bond acceptors (Lipinski definition) is 4. The Labute approximate surface area is 166 Å². The third-order valence-electron chi connectivity index (χ3n) is 6.90. The van der Waals surface area contributed by atoms with Crippen LogP contribution in [0.15, 0.2) is 11.1 Å². The first-order chi connectivity index (χ1) is 13.4. The van der Waals surface area contributed by atoms with Crippen molar-refractivity contribution < 1.29 is 9.59 Å². The molecule has 1 aliphatic carbocycles. The molecule has 0 N–H and O–H groups in total. The summed E-state index contributed by atoms with van der Waals surface area (Å²) in [5.41, 5.74) is 2.86. The molecule has 4 rings (SSSR count). The highest BCUT2D eigenvalue weighted by atomic mass is 16.2. The summed E-state index contributed by atoms with van der Waals surface area (Å²) in [5, 5.41) is 8.80. The molecular formula is C21H31N5O2. The van der Waals surface area contributed by atoms with Gasteiger partial charge in [0.25, 0.3) is 0 Å². The smallest absolute Gasteiger partial charge is 0.226 e. The molecule has 0 unspecified atom stereocenters. The van der Waals surface area contributed by atoms with Crippen LogP contribution in [0.1, 0.15) is 70.4 Å². The first-order valence-corrected chi connectivity index (χ1v) is 10.6. The molecule has 7 heteroatoms. The van der Waals surface area contributed by atoms with Gasteiger partial charge in [0.1, 0.15) is 5.82 Å². The van der Waals surface area contributed by atoms with Crippen LogP contribution in [0.5, 0.6) is 0 Å². The van der Waals surface area contributed by atoms with Crippen LogP contribution in [0.2, 0.25) is 0 Å². The predicted molar refractivity (Wildman–Crippen MR) is 105 cm³/mol. The first kappa shape index (κ1) is 19.2. The van der Waals surface area contributed by atoms with E-state index in [2.05, 4.69) is 33.5 Å². The predicted octanol–water partition coefficient (Wildman–Crippen LogP) is 2.48. The lowest BCUT2D eigenvalue weighted by Crippen LogP contribution is -2.42. The van der Waals surface area contributed by atoms with Crippen LogP contribution in [-0.4, -0.2) is 56.0 Å². The van der Waals surface area contributed by atoms with Crippen LogP contribution < -0.4 is 0 Å². The molecule has 1 atom stereocenters. The SMILES string of the molecule is CC(=O)N1CCn2c(nnc2C2CCN(C(=O)[C@@H]3CCC(C)=C(C)C3)CC2)C1. The fourth-order valence-corrected chi connectivity index (χ4v) is 4.83. The fourth-order valence-electron chi connectivity index (χ4n) is 4.83. The van der Waals surface area contributed by atoms with Crippen molar-refractivity contribution in [2.45, 2.75) is 71.9 Å². The summed E-state index contributed by atoms with van der Waals surface area (Å²) in [6, 6.07) is 0. The Bertz CT molecular complexity index is 804. The molecule has 1 fully saturated rings. The summed E-state index contributed by atoms with van der Waals surface area (Å²) in [4.78, 5) is 28.5. The Hall–Kier alpha value is -2.18. The van der Waals surface area contributed by atoms with Crippen molar-refractivity contribution >= 4 is 11.8 Å². The maximum atomic E-state index is 13.0. The van der Waals surface area contributed by atoms with Crippen LogP contribution in [0.3, 0.4) is 0 Å². The van der Waals surface area contributed by atoms with E-state index in [-0.39, 0.29) is 11.8 Å². The summed E-state index contributed by atoms with van der Waals surface area (Å²) in [6.45, 7) is 9.62. The van der Waals surface area contributed by atoms with E-state index in [0.717, 1.165) is 69.9 Å². The number of piperidine rings is 1. The average Bonchev–Trinajstić information content (AvgIpc) is 3.13. The van der Waals surface area contributed by atoms with Gasteiger partial charge in [0.15, 0.2) is 5.82 Å². The second kappa shape index (κ2) is 7.68. The zero-order chi connectivity index (χ0) is 19.8. The molecule has 3 heterocycles. The lowest BCUT2D eigenvalue weighted by atomic mass is 9.83. The fraction of sp³-hybridized carbons (Fsp3) is 0.714. The molecule has 152 valence electrons. The number of amides is 2. The normalized spacial score (nSPS) is 23.8. The highest BCUT2D eigenvalue weighted by Crippen LogP contribution is 2.33. The van der Waals surface area contributed by atoms with E-state index in [9.17, 15) is 9.59 Å². The molecule has 0 radical (unpaired) electrons. The van der Waals surface area contributed by atoms with Gasteiger partial charge < -0.3 is 14.4 Å². The molecule has 28 heavy (non-hydrogen) atoms. The number of allylic oxidation sites excluding steroid dienone is 2. The molecule has 2 amide bonds. The topological polar surface area (TPSA) is 71.3 Å². The number of carbonyl (C=O) groups is 2. The van der Waals surface area contributed by atoms with Gasteiger partial charge in [-0.05, 0) is 46.0 Å². The molecule has 0 aromatic carbocycles. The van der Waals surface area contributed by atoms with E-state index >= 15 is 0 Å². The second-order valence-corrected chi connectivity index (χ2v) is 8.67. The summed E-state index contributed by atoms with van der Waals surface area (Å²) >= 11 is 0. The van der Waals surface area contributed by atoms with Crippen molar-refractivity contribution in [1.82, 2.24) is 24.6 Å². The van der Waals surface area contributed by atoms with Crippen LogP contribution in [0.25, 0.3) is 0 Å². The van der Waals surface area contributed by atoms with Crippen molar-refractivity contribution in [2.24, 2.45) is 5.92 Å². The van der Waals surface area contributed by atoms with Crippen molar-refractivity contribution in [3.63, 3.8) is 0 Å². The van der Waals surface area contributed by atoms with Gasteiger partial charge in [-0.15, -0.1) is 10.2 Å². The number of likely N-dealkylation sites (tertiary alicyclic amines) is 1. The number of rotatable bonds is 2. The minimum absolute atomic E-state index is 0.0885. The van der Waals surface area contributed by atoms with Gasteiger partial charge in [-0.25, -0.2) is 0 Å². The molecule has 0 saturated carbocycles. The van der Waals surface area contributed by atoms with Gasteiger partial charge in [0, 0.05) is 44.9 Å². The van der Waals surface area contributed by atoms with Crippen LogP contribution in [-0.2, 0) is 22.7 Å². The maximum Gasteiger partial charge on any atom is 0.226 e. The van der Waals surface area contributed by atoms with Crippen molar-refractivity contribution in [1.29, 1.82) is 0 Å². The zero-order valence-electron chi connectivity index (χ0n) is 17.3. The van der Waals surface area contributed by atoms with Gasteiger partial charge in [0.05, 0.1) is 6.54 Å². The molecule has 0 spiro atoms. The Kier molecular flexibility index (Phi) is 5.25. The second-order valence-electron chi connectivity index (χ2n) is 8.67. The number of nitrogens with zero attached hydrogens (tertiary/aromatic N) is 5. The van der Waals surface area contributed by atoms with Crippen molar-refractivity contribution in [3.05, 3.63) is 22.8 Å². The van der Waals surface area contributed by atoms with Crippen LogP contribution in [0.4, 0.5) is 0 Å². The third kappa shape index (κ3) is 3.59. The third-order valence-corrected chi connectivity index (χ3v) is 6.90. The van der Waals surface area contributed by atoms with Gasteiger partial charge >= 0.3 is 0 Å². The minimum atomic E-state index is 0.0885. The molecule has 1 saturated heterocycles. The lowest BCUT2D eigenvalue weighted by Gasteiger charge is -2.35. The maximum absolute atomic E-state index is 13.0. The van der Waals surface area contributed by atoms with Gasteiger partial charge in [-0.1, -0.05) is 11.1 Å². The molecule has 3 aliphatic rings. The van der Waals surface area contributed by atoms with Crippen LogP contribution >= 0.6 is 0 Å². The highest BCUT2D eigenvalue weighted by Gasteiger charge is 2.33. The van der Waals surface area contributed by atoms with Gasteiger partial charge in [-0.2, -0.15) is 0 Å². The molecule has 2 aliphatic heterocycles. The van der Waals surface area contributed by atoms with E-state index in [0.29, 0.717) is 18.4 Å². The van der Waals surface area contributed by atoms with E-state index in [1.54, 1.807) is 6.92 Å². The lowest BCUT2D eigenvalue weighted by molar-refractivity contribution is -0.137. The van der Waals surface area contributed by atoms with E-state index in [1.807, 2.05) is 4.90 Å². The Balaban J connectivity index is 1.36. The molecule has 1 aromatic rings. The Morgan fingerprint density at radius 1 is 0.929 bits per heavy atom. The standard InChI is InChI=1S/C21H31N5O2/c1-14-4-5-18(12-15(14)2)21(28)24-8-6-17(7-9-24)20-23-22-19-13-25(16(3)27)10-11-26(19)20/h17-18H,4-13H2,1-3H3/t18-/m1/s1. The van der Waals surface area contributed by atoms with Gasteiger partial charge in [0.2, 0.25) is 11.8 Å². The summed E-state index contributed by atoms with van der Waals surface area (Å²) < 4.78 is 2.19. The first-order valence-electron chi connectivity index (χ1n) is 10.6. The minimum Gasteiger partial charge on any atom is -0.342 e. The monoisotopic (exact) mass is 385 g/mol. The zero-order valence-corrected chi connectivity index (χ0v) is 17.3. The van der Waals surface area contributed by atoms with Crippen molar-refractivity contribution in [3.8, 4) is 0 Å². The molecule has 0 bridgehead atoms. The van der Waals surface area contributed by atoms with Crippen molar-refractivity contribution in [2.75, 3.05) is 19.6 Å². The average molecular weight is 386 g/mol. The number of hydrogen-bond donors (Lipinski definition) is 0. The Morgan fingerprint density at radius 3 is 2.36 bits per heavy atom. The van der Waals surface area contributed by atoms with E-state index in [4.69, 9.17) is 0 Å². The quantitative estimate of drug-likeness (QED) is 0.734. The summed E-state index contributed by atoms with van der Waals surface area (Å²) in [5.74, 6) is 2.87. The van der Waals surface area contributed by atoms with Crippen LogP contribution in [0, 0.1) is 5.92 Å². The van der Waals surface area contributed by atoms with E-state index in [1.165, 1.54) is 11.1 Å². The highest BCUT2D eigenvalue weighted by molar-refractivity contribution is 5.79. The summed E-state index contributed by atoms with van der Waals surface area (Å²) in [7, 11) is 0. The number of fused-ring (bicyclic) bond motifs is 1. The largest absolute Gasteiger partial charge is 0.342 e. The number of carbonyl (C=O) groups excluding carboxylic acids is 2. The molecular weight excluding hydrogens is 354 g/mol. The molecule has 7 nitrogen and oxygen atoms in total. The Morgan fingerprint density at radius 2 is 1.68 bits per heavy atom.